The highest BCUT2D eigenvalue weighted by molar-refractivity contribution is 5.99. The number of carbonyl (C=O) groups is 1. The van der Waals surface area contributed by atoms with E-state index in [1.165, 1.54) is 18.2 Å². The molecule has 174 valence electrons. The van der Waals surface area contributed by atoms with E-state index in [1.807, 2.05) is 0 Å². The zero-order valence-electron chi connectivity index (χ0n) is 17.6. The van der Waals surface area contributed by atoms with Crippen LogP contribution in [-0.4, -0.2) is 29.1 Å². The van der Waals surface area contributed by atoms with Gasteiger partial charge in [-0.1, -0.05) is 0 Å². The van der Waals surface area contributed by atoms with Gasteiger partial charge >= 0.3 is 6.03 Å². The van der Waals surface area contributed by atoms with Crippen molar-refractivity contribution in [2.24, 2.45) is 5.73 Å². The van der Waals surface area contributed by atoms with Crippen LogP contribution < -0.4 is 26.4 Å². The van der Waals surface area contributed by atoms with Crippen molar-refractivity contribution in [2.45, 2.75) is 0 Å². The molecule has 8 nitrogen and oxygen atoms in total. The van der Waals surface area contributed by atoms with Crippen LogP contribution in [0.1, 0.15) is 0 Å². The standard InChI is InChI=1S/C23H19F3N6O2/c24-16-4-1-13(9-17(16)25)30-23(33)31-14-2-6-21(18(26)10-14)34-15-3-5-19-20(11-15)32-22(12-29-19)28-8-7-27/h1-6,9-12H,7-8,27H2,(H,28,32)(H2,30,31,33). The molecule has 1 heterocycles. The molecule has 1 aromatic heterocycles. The molecule has 0 aliphatic carbocycles. The first-order chi connectivity index (χ1) is 16.4. The maximum absolute atomic E-state index is 14.6. The van der Waals surface area contributed by atoms with E-state index in [4.69, 9.17) is 10.5 Å². The summed E-state index contributed by atoms with van der Waals surface area (Å²) in [5.41, 5.74) is 6.83. The third kappa shape index (κ3) is 5.51. The summed E-state index contributed by atoms with van der Waals surface area (Å²) in [5, 5.41) is 7.77. The molecule has 0 spiro atoms. The predicted molar refractivity (Wildman–Crippen MR) is 123 cm³/mol. The first-order valence-electron chi connectivity index (χ1n) is 10.1. The largest absolute Gasteiger partial charge is 0.454 e. The van der Waals surface area contributed by atoms with Crippen LogP contribution in [0, 0.1) is 17.5 Å². The Balaban J connectivity index is 1.43. The van der Waals surface area contributed by atoms with E-state index in [2.05, 4.69) is 25.9 Å². The Labute approximate surface area is 192 Å². The Bertz CT molecular complexity index is 1350. The van der Waals surface area contributed by atoms with Crippen LogP contribution in [0.4, 0.5) is 35.2 Å². The minimum absolute atomic E-state index is 0.0395. The number of carbonyl (C=O) groups excluding carboxylic acids is 1. The molecule has 2 amide bonds. The zero-order valence-corrected chi connectivity index (χ0v) is 17.6. The maximum Gasteiger partial charge on any atom is 0.323 e. The highest BCUT2D eigenvalue weighted by atomic mass is 19.2. The van der Waals surface area contributed by atoms with Gasteiger partial charge in [-0.15, -0.1) is 0 Å². The normalized spacial score (nSPS) is 10.7. The number of anilines is 3. The number of ether oxygens (including phenoxy) is 1. The monoisotopic (exact) mass is 468 g/mol. The summed E-state index contributed by atoms with van der Waals surface area (Å²) in [6.07, 6.45) is 1.59. The van der Waals surface area contributed by atoms with E-state index in [1.54, 1.807) is 24.4 Å². The molecular weight excluding hydrogens is 449 g/mol. The minimum Gasteiger partial charge on any atom is -0.454 e. The number of nitrogens with zero attached hydrogens (tertiary/aromatic N) is 2. The molecule has 0 saturated carbocycles. The highest BCUT2D eigenvalue weighted by Gasteiger charge is 2.11. The Morgan fingerprint density at radius 1 is 0.882 bits per heavy atom. The number of urea groups is 1. The van der Waals surface area contributed by atoms with Crippen molar-refractivity contribution in [1.29, 1.82) is 0 Å². The Morgan fingerprint density at radius 3 is 2.32 bits per heavy atom. The number of aromatic nitrogens is 2. The van der Waals surface area contributed by atoms with E-state index >= 15 is 0 Å². The Morgan fingerprint density at radius 2 is 1.62 bits per heavy atom. The zero-order chi connectivity index (χ0) is 24.1. The molecule has 0 saturated heterocycles. The molecule has 0 aliphatic heterocycles. The first-order valence-corrected chi connectivity index (χ1v) is 10.1. The fourth-order valence-corrected chi connectivity index (χ4v) is 3.00. The summed E-state index contributed by atoms with van der Waals surface area (Å²) in [7, 11) is 0. The van der Waals surface area contributed by atoms with Gasteiger partial charge in [-0.3, -0.25) is 4.98 Å². The van der Waals surface area contributed by atoms with Crippen LogP contribution >= 0.6 is 0 Å². The first kappa shape index (κ1) is 22.8. The van der Waals surface area contributed by atoms with Gasteiger partial charge in [0.1, 0.15) is 11.6 Å². The number of nitrogens with two attached hydrogens (primary N) is 1. The van der Waals surface area contributed by atoms with Gasteiger partial charge in [-0.2, -0.15) is 0 Å². The molecular formula is C23H19F3N6O2. The van der Waals surface area contributed by atoms with Crippen LogP contribution in [0.2, 0.25) is 0 Å². The van der Waals surface area contributed by atoms with Crippen LogP contribution in [0.25, 0.3) is 11.0 Å². The van der Waals surface area contributed by atoms with E-state index in [-0.39, 0.29) is 17.1 Å². The molecule has 0 atom stereocenters. The van der Waals surface area contributed by atoms with Gasteiger partial charge in [0.05, 0.1) is 17.2 Å². The molecule has 34 heavy (non-hydrogen) atoms. The van der Waals surface area contributed by atoms with Gasteiger partial charge in [0.2, 0.25) is 0 Å². The summed E-state index contributed by atoms with van der Waals surface area (Å²) in [5.74, 6) is -2.04. The summed E-state index contributed by atoms with van der Waals surface area (Å²) in [6.45, 7) is 0.986. The predicted octanol–water partition coefficient (Wildman–Crippen LogP) is 4.85. The molecule has 0 bridgehead atoms. The number of benzene rings is 3. The van der Waals surface area contributed by atoms with Gasteiger partial charge < -0.3 is 26.4 Å². The number of nitrogens with one attached hydrogen (secondary N) is 3. The maximum atomic E-state index is 14.6. The van der Waals surface area contributed by atoms with Crippen molar-refractivity contribution < 1.29 is 22.7 Å². The van der Waals surface area contributed by atoms with Crippen molar-refractivity contribution in [3.63, 3.8) is 0 Å². The average molecular weight is 468 g/mol. The summed E-state index contributed by atoms with van der Waals surface area (Å²) >= 11 is 0. The quantitative estimate of drug-likeness (QED) is 0.308. The lowest BCUT2D eigenvalue weighted by atomic mass is 10.2. The van der Waals surface area contributed by atoms with Crippen molar-refractivity contribution in [1.82, 2.24) is 9.97 Å². The number of halogens is 3. The SMILES string of the molecule is NCCNc1cnc2ccc(Oc3ccc(NC(=O)Nc4ccc(F)c(F)c4)cc3F)cc2n1. The molecule has 0 fully saturated rings. The molecule has 11 heteroatoms. The van der Waals surface area contributed by atoms with Gasteiger partial charge in [-0.05, 0) is 36.4 Å². The third-order valence-corrected chi connectivity index (χ3v) is 4.56. The van der Waals surface area contributed by atoms with Crippen LogP contribution in [0.15, 0.2) is 60.8 Å². The van der Waals surface area contributed by atoms with E-state index < -0.39 is 23.5 Å². The van der Waals surface area contributed by atoms with Crippen molar-refractivity contribution >= 4 is 34.3 Å². The van der Waals surface area contributed by atoms with Crippen molar-refractivity contribution in [2.75, 3.05) is 29.0 Å². The molecule has 3 aromatic carbocycles. The number of hydrogen-bond acceptors (Lipinski definition) is 6. The minimum atomic E-state index is -1.10. The van der Waals surface area contributed by atoms with Gasteiger partial charge in [0, 0.05) is 42.7 Å². The van der Waals surface area contributed by atoms with E-state index in [9.17, 15) is 18.0 Å². The van der Waals surface area contributed by atoms with Crippen molar-refractivity contribution in [3.8, 4) is 11.5 Å². The fourth-order valence-electron chi connectivity index (χ4n) is 3.00. The number of rotatable bonds is 7. The van der Waals surface area contributed by atoms with Gasteiger partial charge in [0.25, 0.3) is 0 Å². The Hall–Kier alpha value is -4.38. The number of fused-ring (bicyclic) bond motifs is 1. The molecule has 4 rings (SSSR count). The second-order valence-corrected chi connectivity index (χ2v) is 7.08. The third-order valence-electron chi connectivity index (χ3n) is 4.56. The summed E-state index contributed by atoms with van der Waals surface area (Å²) < 4.78 is 46.5. The molecule has 0 radical (unpaired) electrons. The second-order valence-electron chi connectivity index (χ2n) is 7.08. The summed E-state index contributed by atoms with van der Waals surface area (Å²) in [6, 6.07) is 10.9. The van der Waals surface area contributed by atoms with E-state index in [0.29, 0.717) is 35.7 Å². The molecule has 0 unspecified atom stereocenters. The van der Waals surface area contributed by atoms with Crippen molar-refractivity contribution in [3.05, 3.63) is 78.2 Å². The van der Waals surface area contributed by atoms with Gasteiger partial charge in [0.15, 0.2) is 23.2 Å². The second kappa shape index (κ2) is 10.0. The Kier molecular flexibility index (Phi) is 6.74. The lowest BCUT2D eigenvalue weighted by molar-refractivity contribution is 0.262. The van der Waals surface area contributed by atoms with Crippen LogP contribution in [0.3, 0.4) is 0 Å². The molecule has 4 aromatic rings. The lowest BCUT2D eigenvalue weighted by Crippen LogP contribution is -2.19. The average Bonchev–Trinajstić information content (AvgIpc) is 2.81. The van der Waals surface area contributed by atoms with E-state index in [0.717, 1.165) is 18.2 Å². The van der Waals surface area contributed by atoms with Crippen LogP contribution in [-0.2, 0) is 0 Å². The smallest absolute Gasteiger partial charge is 0.323 e. The molecule has 5 N–H and O–H groups in total. The van der Waals surface area contributed by atoms with Crippen LogP contribution in [0.5, 0.6) is 11.5 Å². The topological polar surface area (TPSA) is 114 Å². The fraction of sp³-hybridized carbons (Fsp3) is 0.0870. The summed E-state index contributed by atoms with van der Waals surface area (Å²) in [4.78, 5) is 20.8. The van der Waals surface area contributed by atoms with Gasteiger partial charge in [-0.25, -0.2) is 22.9 Å². The number of amides is 2. The number of hydrogen-bond donors (Lipinski definition) is 4. The molecule has 0 aliphatic rings. The highest BCUT2D eigenvalue weighted by Crippen LogP contribution is 2.28. The lowest BCUT2D eigenvalue weighted by Gasteiger charge is -2.11.